The van der Waals surface area contributed by atoms with Gasteiger partial charge in [-0.3, -0.25) is 4.98 Å². The molecule has 0 spiro atoms. The molecule has 0 unspecified atom stereocenters. The predicted molar refractivity (Wildman–Crippen MR) is 81.9 cm³/mol. The Morgan fingerprint density at radius 1 is 1.10 bits per heavy atom. The minimum Gasteiger partial charge on any atom is -0.330 e. The summed E-state index contributed by atoms with van der Waals surface area (Å²) in [6.07, 6.45) is 3.96. The molecule has 1 heterocycles. The van der Waals surface area contributed by atoms with E-state index in [-0.39, 0.29) is 0 Å². The molecule has 6 heteroatoms. The standard InChI is InChI=1S/C15H19N3O2S/c16-9-5-11-18(13-14-6-4-10-17-12-14)21(19,20)15-7-2-1-3-8-15/h1-4,6-8,10,12H,5,9,11,13,16H2. The lowest BCUT2D eigenvalue weighted by Gasteiger charge is -2.22. The molecular weight excluding hydrogens is 286 g/mol. The number of nitrogens with two attached hydrogens (primary N) is 1. The first kappa shape index (κ1) is 15.6. The molecular formula is C15H19N3O2S. The Morgan fingerprint density at radius 3 is 2.48 bits per heavy atom. The Kier molecular flexibility index (Phi) is 5.44. The first-order valence-corrected chi connectivity index (χ1v) is 8.23. The summed E-state index contributed by atoms with van der Waals surface area (Å²) in [6.45, 7) is 1.14. The van der Waals surface area contributed by atoms with Gasteiger partial charge in [0.25, 0.3) is 0 Å². The highest BCUT2D eigenvalue weighted by molar-refractivity contribution is 7.89. The van der Waals surface area contributed by atoms with E-state index >= 15 is 0 Å². The van der Waals surface area contributed by atoms with Crippen molar-refractivity contribution in [1.82, 2.24) is 9.29 Å². The van der Waals surface area contributed by atoms with Gasteiger partial charge in [0.1, 0.15) is 0 Å². The van der Waals surface area contributed by atoms with Gasteiger partial charge >= 0.3 is 0 Å². The van der Waals surface area contributed by atoms with Crippen molar-refractivity contribution in [3.8, 4) is 0 Å². The molecule has 112 valence electrons. The predicted octanol–water partition coefficient (Wildman–Crippen LogP) is 1.62. The van der Waals surface area contributed by atoms with Gasteiger partial charge in [-0.1, -0.05) is 24.3 Å². The molecule has 1 aromatic heterocycles. The summed E-state index contributed by atoms with van der Waals surface area (Å²) in [5.74, 6) is 0. The van der Waals surface area contributed by atoms with Crippen molar-refractivity contribution < 1.29 is 8.42 Å². The first-order chi connectivity index (χ1) is 10.1. The number of pyridine rings is 1. The summed E-state index contributed by atoms with van der Waals surface area (Å²) in [6, 6.07) is 12.1. The summed E-state index contributed by atoms with van der Waals surface area (Å²) in [4.78, 5) is 4.32. The van der Waals surface area contributed by atoms with Crippen LogP contribution in [0.25, 0.3) is 0 Å². The van der Waals surface area contributed by atoms with E-state index in [2.05, 4.69) is 4.98 Å². The number of aromatic nitrogens is 1. The molecule has 0 aliphatic carbocycles. The van der Waals surface area contributed by atoms with Crippen LogP contribution in [0.15, 0.2) is 59.8 Å². The maximum absolute atomic E-state index is 12.7. The smallest absolute Gasteiger partial charge is 0.243 e. The largest absolute Gasteiger partial charge is 0.330 e. The molecule has 2 rings (SSSR count). The highest BCUT2D eigenvalue weighted by Gasteiger charge is 2.23. The van der Waals surface area contributed by atoms with E-state index < -0.39 is 10.0 Å². The molecule has 0 atom stereocenters. The maximum atomic E-state index is 12.7. The molecule has 0 bridgehead atoms. The van der Waals surface area contributed by atoms with Crippen molar-refractivity contribution >= 4 is 10.0 Å². The van der Waals surface area contributed by atoms with Crippen LogP contribution in [0.3, 0.4) is 0 Å². The molecule has 1 aromatic carbocycles. The van der Waals surface area contributed by atoms with Crippen molar-refractivity contribution in [2.24, 2.45) is 5.73 Å². The molecule has 0 saturated carbocycles. The van der Waals surface area contributed by atoms with Crippen LogP contribution in [0.5, 0.6) is 0 Å². The van der Waals surface area contributed by atoms with Gasteiger partial charge in [0.05, 0.1) is 4.90 Å². The molecule has 2 aromatic rings. The van der Waals surface area contributed by atoms with Crippen LogP contribution in [0.1, 0.15) is 12.0 Å². The van der Waals surface area contributed by atoms with Crippen LogP contribution < -0.4 is 5.73 Å². The lowest BCUT2D eigenvalue weighted by molar-refractivity contribution is 0.401. The number of hydrogen-bond donors (Lipinski definition) is 1. The van der Waals surface area contributed by atoms with Crippen molar-refractivity contribution in [3.05, 3.63) is 60.4 Å². The molecule has 0 aliphatic heterocycles. The van der Waals surface area contributed by atoms with Crippen LogP contribution in [0, 0.1) is 0 Å². The number of sulfonamides is 1. The molecule has 0 aliphatic rings. The Balaban J connectivity index is 2.27. The zero-order valence-corrected chi connectivity index (χ0v) is 12.5. The van der Waals surface area contributed by atoms with Gasteiger partial charge in [0.15, 0.2) is 0 Å². The van der Waals surface area contributed by atoms with Crippen molar-refractivity contribution in [2.75, 3.05) is 13.1 Å². The average Bonchev–Trinajstić information content (AvgIpc) is 2.53. The molecule has 0 radical (unpaired) electrons. The second-order valence-electron chi connectivity index (χ2n) is 4.66. The van der Waals surface area contributed by atoms with Crippen LogP contribution >= 0.6 is 0 Å². The maximum Gasteiger partial charge on any atom is 0.243 e. The van der Waals surface area contributed by atoms with Crippen LogP contribution in [-0.4, -0.2) is 30.8 Å². The van der Waals surface area contributed by atoms with Gasteiger partial charge in [-0.05, 0) is 36.7 Å². The quantitative estimate of drug-likeness (QED) is 0.843. The summed E-state index contributed by atoms with van der Waals surface area (Å²) in [7, 11) is -3.52. The Morgan fingerprint density at radius 2 is 1.86 bits per heavy atom. The summed E-state index contributed by atoms with van der Waals surface area (Å²) in [5.41, 5.74) is 6.37. The minimum atomic E-state index is -3.52. The second kappa shape index (κ2) is 7.31. The average molecular weight is 305 g/mol. The summed E-state index contributed by atoms with van der Waals surface area (Å²) in [5, 5.41) is 0. The highest BCUT2D eigenvalue weighted by atomic mass is 32.2. The van der Waals surface area contributed by atoms with Gasteiger partial charge < -0.3 is 5.73 Å². The SMILES string of the molecule is NCCCN(Cc1cccnc1)S(=O)(=O)c1ccccc1. The Bertz CT molecular complexity index is 645. The van der Waals surface area contributed by atoms with E-state index in [1.165, 1.54) is 4.31 Å². The van der Waals surface area contributed by atoms with E-state index in [9.17, 15) is 8.42 Å². The Labute approximate surface area is 125 Å². The van der Waals surface area contributed by atoms with Gasteiger partial charge in [0.2, 0.25) is 10.0 Å². The topological polar surface area (TPSA) is 76.3 Å². The number of nitrogens with zero attached hydrogens (tertiary/aromatic N) is 2. The Hall–Kier alpha value is -1.76. The van der Waals surface area contributed by atoms with Crippen molar-refractivity contribution in [2.45, 2.75) is 17.9 Å². The summed E-state index contributed by atoms with van der Waals surface area (Å²) < 4.78 is 26.9. The molecule has 21 heavy (non-hydrogen) atoms. The van der Waals surface area contributed by atoms with E-state index in [0.29, 0.717) is 31.0 Å². The molecule has 0 fully saturated rings. The normalized spacial score (nSPS) is 11.7. The first-order valence-electron chi connectivity index (χ1n) is 6.79. The fourth-order valence-corrected chi connectivity index (χ4v) is 3.48. The monoisotopic (exact) mass is 305 g/mol. The molecule has 5 nitrogen and oxygen atoms in total. The van der Waals surface area contributed by atoms with Crippen LogP contribution in [0.2, 0.25) is 0 Å². The van der Waals surface area contributed by atoms with Gasteiger partial charge in [0, 0.05) is 25.5 Å². The fourth-order valence-electron chi connectivity index (χ4n) is 1.99. The third-order valence-corrected chi connectivity index (χ3v) is 4.93. The van der Waals surface area contributed by atoms with Gasteiger partial charge in [-0.25, -0.2) is 8.42 Å². The van der Waals surface area contributed by atoms with E-state index in [1.54, 1.807) is 48.8 Å². The zero-order chi connectivity index (χ0) is 15.1. The van der Waals surface area contributed by atoms with Crippen LogP contribution in [0.4, 0.5) is 0 Å². The van der Waals surface area contributed by atoms with E-state index in [4.69, 9.17) is 5.73 Å². The van der Waals surface area contributed by atoms with Crippen molar-refractivity contribution in [1.29, 1.82) is 0 Å². The zero-order valence-electron chi connectivity index (χ0n) is 11.7. The molecule has 0 saturated heterocycles. The fraction of sp³-hybridized carbons (Fsp3) is 0.267. The number of benzene rings is 1. The lowest BCUT2D eigenvalue weighted by Crippen LogP contribution is -2.32. The number of rotatable bonds is 7. The third kappa shape index (κ3) is 4.10. The molecule has 2 N–H and O–H groups in total. The van der Waals surface area contributed by atoms with E-state index in [1.807, 2.05) is 6.07 Å². The van der Waals surface area contributed by atoms with E-state index in [0.717, 1.165) is 5.56 Å². The van der Waals surface area contributed by atoms with Gasteiger partial charge in [-0.2, -0.15) is 4.31 Å². The lowest BCUT2D eigenvalue weighted by atomic mass is 10.3. The third-order valence-electron chi connectivity index (χ3n) is 3.07. The second-order valence-corrected chi connectivity index (χ2v) is 6.59. The molecule has 0 amide bonds. The summed E-state index contributed by atoms with van der Waals surface area (Å²) >= 11 is 0. The van der Waals surface area contributed by atoms with Gasteiger partial charge in [-0.15, -0.1) is 0 Å². The number of hydrogen-bond acceptors (Lipinski definition) is 4. The van der Waals surface area contributed by atoms with Crippen LogP contribution in [-0.2, 0) is 16.6 Å². The highest BCUT2D eigenvalue weighted by Crippen LogP contribution is 2.18. The minimum absolute atomic E-state index is 0.297. The van der Waals surface area contributed by atoms with Crippen molar-refractivity contribution in [3.63, 3.8) is 0 Å².